The first-order valence-electron chi connectivity index (χ1n) is 12.3. The van der Waals surface area contributed by atoms with Gasteiger partial charge in [-0.15, -0.1) is 0 Å². The van der Waals surface area contributed by atoms with Gasteiger partial charge in [-0.05, 0) is 125 Å². The molecule has 6 nitrogen and oxygen atoms in total. The number of rotatable bonds is 9. The van der Waals surface area contributed by atoms with Gasteiger partial charge in [0.15, 0.2) is 0 Å². The Morgan fingerprint density at radius 1 is 0.500 bits per heavy atom. The van der Waals surface area contributed by atoms with Crippen LogP contribution in [0.25, 0.3) is 11.1 Å². The molecule has 0 heterocycles. The molecular weight excluding hydrogens is 480 g/mol. The second-order valence-corrected chi connectivity index (χ2v) is 9.56. The van der Waals surface area contributed by atoms with E-state index in [1.54, 1.807) is 13.8 Å². The smallest absolute Gasteiger partial charge is 0.338 e. The van der Waals surface area contributed by atoms with E-state index in [1.165, 1.54) is 25.0 Å². The lowest BCUT2D eigenvalue weighted by Gasteiger charge is -2.25. The molecule has 0 fully saturated rings. The second kappa shape index (κ2) is 12.5. The fourth-order valence-corrected chi connectivity index (χ4v) is 4.23. The Labute approximate surface area is 226 Å². The summed E-state index contributed by atoms with van der Waals surface area (Å²) in [6, 6.07) is 0. The molecule has 2 rings (SSSR count). The monoisotopic (exact) mass is 518 g/mol. The van der Waals surface area contributed by atoms with Crippen LogP contribution in [0.3, 0.4) is 0 Å². The van der Waals surface area contributed by atoms with E-state index in [9.17, 15) is 9.59 Å². The van der Waals surface area contributed by atoms with Gasteiger partial charge in [-0.1, -0.05) is 13.2 Å². The quantitative estimate of drug-likeness (QED) is 0.192. The second-order valence-electron chi connectivity index (χ2n) is 9.56. The van der Waals surface area contributed by atoms with E-state index in [4.69, 9.17) is 18.9 Å². The van der Waals surface area contributed by atoms with Crippen molar-refractivity contribution in [3.05, 3.63) is 93.9 Å². The lowest BCUT2D eigenvalue weighted by Crippen LogP contribution is -2.06. The topological polar surface area (TPSA) is 71.1 Å². The predicted molar refractivity (Wildman–Crippen MR) is 151 cm³/mol. The predicted octanol–water partition coefficient (Wildman–Crippen LogP) is 7.76. The summed E-state index contributed by atoms with van der Waals surface area (Å²) in [6.07, 6.45) is 5.18. The fourth-order valence-electron chi connectivity index (χ4n) is 4.23. The molecule has 0 atom stereocenters. The number of carbonyl (C=O) groups is 2. The minimum Gasteiger partial charge on any atom is -0.461 e. The highest BCUT2D eigenvalue weighted by molar-refractivity contribution is 5.88. The van der Waals surface area contributed by atoms with E-state index in [-0.39, 0.29) is 0 Å². The van der Waals surface area contributed by atoms with Gasteiger partial charge in [0.05, 0.1) is 0 Å². The van der Waals surface area contributed by atoms with Crippen LogP contribution in [0.1, 0.15) is 58.4 Å². The molecule has 0 saturated heterocycles. The summed E-state index contributed by atoms with van der Waals surface area (Å²) < 4.78 is 21.8. The molecule has 0 saturated carbocycles. The molecule has 0 bridgehead atoms. The Morgan fingerprint density at radius 2 is 0.763 bits per heavy atom. The van der Waals surface area contributed by atoms with Gasteiger partial charge in [-0.2, -0.15) is 0 Å². The molecule has 2 aromatic rings. The van der Waals surface area contributed by atoms with Crippen molar-refractivity contribution >= 4 is 11.9 Å². The van der Waals surface area contributed by atoms with Gasteiger partial charge in [0.1, 0.15) is 36.5 Å². The summed E-state index contributed by atoms with van der Waals surface area (Å²) in [7, 11) is 0. The fraction of sp³-hybridized carbons (Fsp3) is 0.312. The third kappa shape index (κ3) is 6.25. The maximum Gasteiger partial charge on any atom is 0.338 e. The SMILES string of the molecule is C=C(C)C(=O)O/C=C\Oc1c(C)c(C)c(-c2c(C)c(C)c(O/C=C\OC(=O)C(=C)C)c(C)c2C)c(C)c1C. The van der Waals surface area contributed by atoms with Crippen LogP contribution < -0.4 is 9.47 Å². The standard InChI is InChI=1S/C32H38O6/c1-17(2)31(33)37-15-13-35-29-23(9)19(5)27(20(6)24(29)10)28-21(7)25(11)30(26(12)22(28)8)36-14-16-38-32(34)18(3)4/h13-16H,1,3H2,2,4-12H3/b15-13-,16-14-. The number of benzene rings is 2. The molecule has 0 aliphatic heterocycles. The van der Waals surface area contributed by atoms with Crippen LogP contribution in [0.15, 0.2) is 49.4 Å². The van der Waals surface area contributed by atoms with Crippen LogP contribution in [0.4, 0.5) is 0 Å². The highest BCUT2D eigenvalue weighted by Gasteiger charge is 2.23. The van der Waals surface area contributed by atoms with Crippen molar-refractivity contribution in [2.45, 2.75) is 69.2 Å². The van der Waals surface area contributed by atoms with E-state index in [1.807, 2.05) is 27.7 Å². The summed E-state index contributed by atoms with van der Waals surface area (Å²) in [6.45, 7) is 26.7. The Bertz CT molecular complexity index is 1210. The van der Waals surface area contributed by atoms with Crippen LogP contribution in [-0.2, 0) is 19.1 Å². The van der Waals surface area contributed by atoms with Crippen molar-refractivity contribution in [3.8, 4) is 22.6 Å². The average molecular weight is 519 g/mol. The maximum absolute atomic E-state index is 11.6. The van der Waals surface area contributed by atoms with Gasteiger partial charge in [0, 0.05) is 11.1 Å². The molecule has 0 unspecified atom stereocenters. The van der Waals surface area contributed by atoms with Gasteiger partial charge >= 0.3 is 11.9 Å². The Hall–Kier alpha value is -4.06. The Kier molecular flexibility index (Phi) is 9.89. The summed E-state index contributed by atoms with van der Waals surface area (Å²) in [5.74, 6) is 0.441. The number of esters is 2. The zero-order valence-corrected chi connectivity index (χ0v) is 24.2. The molecule has 0 aromatic heterocycles. The minimum atomic E-state index is -0.506. The van der Waals surface area contributed by atoms with E-state index >= 15 is 0 Å². The summed E-state index contributed by atoms with van der Waals surface area (Å²) in [4.78, 5) is 23.2. The molecule has 2 aromatic carbocycles. The van der Waals surface area contributed by atoms with Gasteiger partial charge in [-0.25, -0.2) is 9.59 Å². The first-order valence-corrected chi connectivity index (χ1v) is 12.3. The van der Waals surface area contributed by atoms with E-state index in [0.717, 1.165) is 67.1 Å². The molecular formula is C32H38O6. The highest BCUT2D eigenvalue weighted by Crippen LogP contribution is 2.44. The van der Waals surface area contributed by atoms with Gasteiger partial charge < -0.3 is 18.9 Å². The molecule has 6 heteroatoms. The Morgan fingerprint density at radius 3 is 1.00 bits per heavy atom. The van der Waals surface area contributed by atoms with Crippen molar-refractivity contribution < 1.29 is 28.5 Å². The van der Waals surface area contributed by atoms with E-state index in [2.05, 4.69) is 40.9 Å². The van der Waals surface area contributed by atoms with Gasteiger partial charge in [-0.3, -0.25) is 0 Å². The van der Waals surface area contributed by atoms with Crippen LogP contribution in [0, 0.1) is 55.4 Å². The summed E-state index contributed by atoms with van der Waals surface area (Å²) in [5, 5.41) is 0. The van der Waals surface area contributed by atoms with E-state index < -0.39 is 11.9 Å². The van der Waals surface area contributed by atoms with Crippen molar-refractivity contribution in [1.82, 2.24) is 0 Å². The molecule has 38 heavy (non-hydrogen) atoms. The molecule has 0 amide bonds. The van der Waals surface area contributed by atoms with Crippen LogP contribution in [0.2, 0.25) is 0 Å². The van der Waals surface area contributed by atoms with Crippen molar-refractivity contribution in [2.24, 2.45) is 0 Å². The number of hydrogen-bond donors (Lipinski definition) is 0. The zero-order chi connectivity index (χ0) is 28.9. The lowest BCUT2D eigenvalue weighted by molar-refractivity contribution is -0.134. The van der Waals surface area contributed by atoms with E-state index in [0.29, 0.717) is 11.1 Å². The normalized spacial score (nSPS) is 11.1. The third-order valence-electron chi connectivity index (χ3n) is 6.89. The first-order chi connectivity index (χ1) is 17.7. The zero-order valence-electron chi connectivity index (χ0n) is 24.2. The third-order valence-corrected chi connectivity index (χ3v) is 6.89. The molecule has 0 spiro atoms. The minimum absolute atomic E-state index is 0.313. The van der Waals surface area contributed by atoms with Crippen LogP contribution >= 0.6 is 0 Å². The lowest BCUT2D eigenvalue weighted by atomic mass is 9.82. The average Bonchev–Trinajstić information content (AvgIpc) is 2.86. The van der Waals surface area contributed by atoms with Crippen molar-refractivity contribution in [3.63, 3.8) is 0 Å². The molecule has 0 aliphatic carbocycles. The molecule has 0 N–H and O–H groups in total. The summed E-state index contributed by atoms with van der Waals surface area (Å²) in [5.41, 5.74) is 11.3. The van der Waals surface area contributed by atoms with Crippen LogP contribution in [-0.4, -0.2) is 11.9 Å². The van der Waals surface area contributed by atoms with Gasteiger partial charge in [0.25, 0.3) is 0 Å². The number of carbonyl (C=O) groups excluding carboxylic acids is 2. The van der Waals surface area contributed by atoms with Crippen molar-refractivity contribution in [2.75, 3.05) is 0 Å². The number of ether oxygens (including phenoxy) is 4. The Balaban J connectivity index is 2.51. The summed E-state index contributed by atoms with van der Waals surface area (Å²) >= 11 is 0. The first kappa shape index (κ1) is 30.2. The molecule has 0 radical (unpaired) electrons. The maximum atomic E-state index is 11.6. The highest BCUT2D eigenvalue weighted by atomic mass is 16.5. The van der Waals surface area contributed by atoms with Crippen molar-refractivity contribution in [1.29, 1.82) is 0 Å². The molecule has 0 aliphatic rings. The van der Waals surface area contributed by atoms with Crippen LogP contribution in [0.5, 0.6) is 11.5 Å². The largest absolute Gasteiger partial charge is 0.461 e. The van der Waals surface area contributed by atoms with Gasteiger partial charge in [0.2, 0.25) is 0 Å². The number of hydrogen-bond acceptors (Lipinski definition) is 6. The molecule has 202 valence electrons.